The van der Waals surface area contributed by atoms with E-state index in [-0.39, 0.29) is 5.75 Å². The average Bonchev–Trinajstić information content (AvgIpc) is 2.37. The number of hydrogen-bond acceptors (Lipinski definition) is 3. The highest BCUT2D eigenvalue weighted by molar-refractivity contribution is 7.89. The van der Waals surface area contributed by atoms with Crippen molar-refractivity contribution < 1.29 is 8.42 Å². The fourth-order valence-corrected chi connectivity index (χ4v) is 3.83. The Morgan fingerprint density at radius 1 is 1.16 bits per heavy atom. The van der Waals surface area contributed by atoms with Crippen LogP contribution >= 0.6 is 0 Å². The second-order valence-electron chi connectivity index (χ2n) is 5.79. The molecule has 0 aromatic carbocycles. The minimum absolute atomic E-state index is 0.241. The van der Waals surface area contributed by atoms with Gasteiger partial charge in [0, 0.05) is 6.54 Å². The predicted octanol–water partition coefficient (Wildman–Crippen LogP) is 2.12. The van der Waals surface area contributed by atoms with Crippen LogP contribution in [0.3, 0.4) is 0 Å². The van der Waals surface area contributed by atoms with E-state index in [4.69, 9.17) is 0 Å². The van der Waals surface area contributed by atoms with Crippen molar-refractivity contribution in [1.29, 1.82) is 0 Å². The maximum atomic E-state index is 11.9. The molecular formula is C14H30N2O2S. The van der Waals surface area contributed by atoms with Gasteiger partial charge in [-0.2, -0.15) is 0 Å². The van der Waals surface area contributed by atoms with Crippen LogP contribution in [0.25, 0.3) is 0 Å². The van der Waals surface area contributed by atoms with E-state index in [0.29, 0.717) is 24.8 Å². The van der Waals surface area contributed by atoms with Gasteiger partial charge in [0.25, 0.3) is 0 Å². The van der Waals surface area contributed by atoms with Gasteiger partial charge >= 0.3 is 0 Å². The first-order valence-electron chi connectivity index (χ1n) is 7.73. The third-order valence-electron chi connectivity index (χ3n) is 4.05. The highest BCUT2D eigenvalue weighted by atomic mass is 32.2. The zero-order chi connectivity index (χ0) is 14.1. The van der Waals surface area contributed by atoms with Crippen LogP contribution in [-0.4, -0.2) is 33.8 Å². The number of rotatable bonds is 9. The van der Waals surface area contributed by atoms with Crippen LogP contribution in [-0.2, 0) is 10.0 Å². The second kappa shape index (κ2) is 8.93. The largest absolute Gasteiger partial charge is 0.317 e. The van der Waals surface area contributed by atoms with Crippen LogP contribution < -0.4 is 10.0 Å². The topological polar surface area (TPSA) is 58.2 Å². The Bertz CT molecular complexity index is 330. The SMILES string of the molecule is CCCNCCCS(=O)(=O)NCC1CCCCC1C. The summed E-state index contributed by atoms with van der Waals surface area (Å²) in [6.45, 7) is 6.73. The van der Waals surface area contributed by atoms with E-state index in [1.807, 2.05) is 0 Å². The molecule has 1 aliphatic rings. The van der Waals surface area contributed by atoms with Gasteiger partial charge in [0.2, 0.25) is 10.0 Å². The van der Waals surface area contributed by atoms with E-state index >= 15 is 0 Å². The first-order valence-corrected chi connectivity index (χ1v) is 9.38. The van der Waals surface area contributed by atoms with Crippen molar-refractivity contribution in [3.05, 3.63) is 0 Å². The summed E-state index contributed by atoms with van der Waals surface area (Å²) in [6, 6.07) is 0. The zero-order valence-corrected chi connectivity index (χ0v) is 13.3. The van der Waals surface area contributed by atoms with Crippen molar-refractivity contribution in [3.63, 3.8) is 0 Å². The minimum Gasteiger partial charge on any atom is -0.317 e. The predicted molar refractivity (Wildman–Crippen MR) is 80.7 cm³/mol. The van der Waals surface area contributed by atoms with Gasteiger partial charge in [-0.05, 0) is 44.2 Å². The third-order valence-corrected chi connectivity index (χ3v) is 5.48. The maximum absolute atomic E-state index is 11.9. The molecule has 1 rings (SSSR count). The molecule has 4 nitrogen and oxygen atoms in total. The first-order chi connectivity index (χ1) is 9.05. The lowest BCUT2D eigenvalue weighted by Gasteiger charge is -2.28. The zero-order valence-electron chi connectivity index (χ0n) is 12.5. The lowest BCUT2D eigenvalue weighted by atomic mass is 9.81. The van der Waals surface area contributed by atoms with Crippen molar-refractivity contribution in [3.8, 4) is 0 Å². The summed E-state index contributed by atoms with van der Waals surface area (Å²) in [6.07, 6.45) is 6.74. The molecular weight excluding hydrogens is 260 g/mol. The molecule has 0 spiro atoms. The minimum atomic E-state index is -3.08. The Kier molecular flexibility index (Phi) is 7.95. The van der Waals surface area contributed by atoms with Crippen molar-refractivity contribution in [2.45, 2.75) is 52.4 Å². The van der Waals surface area contributed by atoms with Crippen LogP contribution in [0.2, 0.25) is 0 Å². The summed E-state index contributed by atoms with van der Waals surface area (Å²) < 4.78 is 26.5. The molecule has 0 amide bonds. The van der Waals surface area contributed by atoms with Gasteiger partial charge in [-0.3, -0.25) is 0 Å². The van der Waals surface area contributed by atoms with Crippen LogP contribution in [0.5, 0.6) is 0 Å². The van der Waals surface area contributed by atoms with Gasteiger partial charge in [-0.15, -0.1) is 0 Å². The van der Waals surface area contributed by atoms with E-state index in [0.717, 1.165) is 19.5 Å². The summed E-state index contributed by atoms with van der Waals surface area (Å²) in [5.74, 6) is 1.43. The summed E-state index contributed by atoms with van der Waals surface area (Å²) in [4.78, 5) is 0. The van der Waals surface area contributed by atoms with E-state index in [1.54, 1.807) is 0 Å². The Hall–Kier alpha value is -0.130. The van der Waals surface area contributed by atoms with E-state index in [1.165, 1.54) is 25.7 Å². The third kappa shape index (κ3) is 7.28. The molecule has 0 saturated heterocycles. The molecule has 0 aromatic rings. The Morgan fingerprint density at radius 3 is 2.58 bits per heavy atom. The number of hydrogen-bond donors (Lipinski definition) is 2. The Morgan fingerprint density at radius 2 is 1.89 bits per heavy atom. The van der Waals surface area contributed by atoms with Crippen molar-refractivity contribution in [2.24, 2.45) is 11.8 Å². The van der Waals surface area contributed by atoms with Crippen LogP contribution in [0.4, 0.5) is 0 Å². The fourth-order valence-electron chi connectivity index (χ4n) is 2.69. The normalized spacial score (nSPS) is 24.5. The molecule has 2 atom stereocenters. The van der Waals surface area contributed by atoms with Gasteiger partial charge < -0.3 is 5.32 Å². The number of nitrogens with one attached hydrogen (secondary N) is 2. The molecule has 0 heterocycles. The molecule has 0 radical (unpaired) electrons. The van der Waals surface area contributed by atoms with Crippen molar-refractivity contribution in [2.75, 3.05) is 25.4 Å². The molecule has 114 valence electrons. The average molecular weight is 290 g/mol. The van der Waals surface area contributed by atoms with Gasteiger partial charge in [0.05, 0.1) is 5.75 Å². The lowest BCUT2D eigenvalue weighted by Crippen LogP contribution is -2.35. The molecule has 1 aliphatic carbocycles. The second-order valence-corrected chi connectivity index (χ2v) is 7.72. The van der Waals surface area contributed by atoms with Crippen LogP contribution in [0.1, 0.15) is 52.4 Å². The summed E-state index contributed by atoms with van der Waals surface area (Å²) in [5.41, 5.74) is 0. The molecule has 0 bridgehead atoms. The smallest absolute Gasteiger partial charge is 0.211 e. The monoisotopic (exact) mass is 290 g/mol. The first kappa shape index (κ1) is 16.9. The Labute approximate surface area is 118 Å². The molecule has 2 N–H and O–H groups in total. The molecule has 5 heteroatoms. The van der Waals surface area contributed by atoms with Crippen LogP contribution in [0.15, 0.2) is 0 Å². The van der Waals surface area contributed by atoms with Crippen LogP contribution in [0, 0.1) is 11.8 Å². The standard InChI is InChI=1S/C14H30N2O2S/c1-3-9-15-10-6-11-19(17,18)16-12-14-8-5-4-7-13(14)2/h13-16H,3-12H2,1-2H3. The van der Waals surface area contributed by atoms with Gasteiger partial charge in [-0.25, -0.2) is 13.1 Å². The van der Waals surface area contributed by atoms with E-state index < -0.39 is 10.0 Å². The lowest BCUT2D eigenvalue weighted by molar-refractivity contribution is 0.257. The Balaban J connectivity index is 2.18. The van der Waals surface area contributed by atoms with Gasteiger partial charge in [0.15, 0.2) is 0 Å². The van der Waals surface area contributed by atoms with Gasteiger partial charge in [-0.1, -0.05) is 33.1 Å². The quantitative estimate of drug-likeness (QED) is 0.640. The molecule has 19 heavy (non-hydrogen) atoms. The molecule has 1 fully saturated rings. The van der Waals surface area contributed by atoms with Crippen molar-refractivity contribution in [1.82, 2.24) is 10.0 Å². The van der Waals surface area contributed by atoms with E-state index in [9.17, 15) is 8.42 Å². The van der Waals surface area contributed by atoms with Gasteiger partial charge in [0.1, 0.15) is 0 Å². The maximum Gasteiger partial charge on any atom is 0.211 e. The highest BCUT2D eigenvalue weighted by Crippen LogP contribution is 2.28. The molecule has 0 aromatic heterocycles. The molecule has 2 unspecified atom stereocenters. The summed E-state index contributed by atoms with van der Waals surface area (Å²) >= 11 is 0. The van der Waals surface area contributed by atoms with Crippen molar-refractivity contribution >= 4 is 10.0 Å². The fraction of sp³-hybridized carbons (Fsp3) is 1.00. The number of sulfonamides is 1. The summed E-state index contributed by atoms with van der Waals surface area (Å²) in [7, 11) is -3.08. The molecule has 1 saturated carbocycles. The highest BCUT2D eigenvalue weighted by Gasteiger charge is 2.22. The molecule has 0 aliphatic heterocycles. The van der Waals surface area contributed by atoms with E-state index in [2.05, 4.69) is 23.9 Å². The summed E-state index contributed by atoms with van der Waals surface area (Å²) in [5, 5.41) is 3.23.